The number of anilines is 1. The Morgan fingerprint density at radius 1 is 0.867 bits per heavy atom. The fourth-order valence-corrected chi connectivity index (χ4v) is 3.78. The van der Waals surface area contributed by atoms with Crippen molar-refractivity contribution in [3.63, 3.8) is 0 Å². The van der Waals surface area contributed by atoms with E-state index in [2.05, 4.69) is 10.5 Å². The van der Waals surface area contributed by atoms with Crippen LogP contribution in [0.5, 0.6) is 23.0 Å². The van der Waals surface area contributed by atoms with Gasteiger partial charge in [-0.1, -0.05) is 5.16 Å². The highest BCUT2D eigenvalue weighted by molar-refractivity contribution is 6.01. The molecule has 30 heavy (non-hydrogen) atoms. The quantitative estimate of drug-likeness (QED) is 0.709. The Morgan fingerprint density at radius 3 is 2.47 bits per heavy atom. The maximum Gasteiger partial charge on any atom is 0.236 e. The summed E-state index contributed by atoms with van der Waals surface area (Å²) in [6.07, 6.45) is 1.44. The minimum Gasteiger partial charge on any atom is -0.486 e. The Kier molecular flexibility index (Phi) is 3.68. The monoisotopic (exact) mass is 406 g/mol. The first-order chi connectivity index (χ1) is 14.7. The standard InChI is InChI=1S/C22H18N2O6/c25-21(23-14-2-4-15-19(10-14)27-8-7-26-15)22(5-6-22)20-11-17(30-24-20)13-1-3-16-18(9-13)29-12-28-16/h1-4,9-11H,5-8,12H2,(H,23,25). The van der Waals surface area contributed by atoms with E-state index in [1.807, 2.05) is 30.3 Å². The predicted octanol–water partition coefficient (Wildman–Crippen LogP) is 3.51. The second-order valence-electron chi connectivity index (χ2n) is 7.54. The molecule has 1 N–H and O–H groups in total. The van der Waals surface area contributed by atoms with Crippen LogP contribution in [0.1, 0.15) is 18.5 Å². The first-order valence-corrected chi connectivity index (χ1v) is 9.80. The van der Waals surface area contributed by atoms with Crippen molar-refractivity contribution in [2.75, 3.05) is 25.3 Å². The van der Waals surface area contributed by atoms with E-state index in [0.717, 1.165) is 18.4 Å². The summed E-state index contributed by atoms with van der Waals surface area (Å²) in [7, 11) is 0. The molecule has 0 bridgehead atoms. The molecule has 0 unspecified atom stereocenters. The molecule has 1 fully saturated rings. The summed E-state index contributed by atoms with van der Waals surface area (Å²) in [6, 6.07) is 12.8. The molecule has 6 rings (SSSR count). The lowest BCUT2D eigenvalue weighted by molar-refractivity contribution is -0.118. The molecule has 152 valence electrons. The van der Waals surface area contributed by atoms with Crippen LogP contribution in [0.2, 0.25) is 0 Å². The molecule has 8 heteroatoms. The molecule has 2 aliphatic heterocycles. The number of amides is 1. The lowest BCUT2D eigenvalue weighted by Gasteiger charge is -2.19. The third kappa shape index (κ3) is 2.75. The van der Waals surface area contributed by atoms with E-state index < -0.39 is 5.41 Å². The Hall–Kier alpha value is -3.68. The summed E-state index contributed by atoms with van der Waals surface area (Å²) in [4.78, 5) is 13.1. The zero-order valence-electron chi connectivity index (χ0n) is 16.0. The molecule has 0 saturated heterocycles. The largest absolute Gasteiger partial charge is 0.486 e. The molecule has 0 spiro atoms. The summed E-state index contributed by atoms with van der Waals surface area (Å²) in [5, 5.41) is 7.18. The van der Waals surface area contributed by atoms with Crippen molar-refractivity contribution < 1.29 is 28.3 Å². The van der Waals surface area contributed by atoms with Crippen molar-refractivity contribution in [1.29, 1.82) is 0 Å². The number of hydrogen-bond donors (Lipinski definition) is 1. The van der Waals surface area contributed by atoms with E-state index in [1.54, 1.807) is 12.1 Å². The Morgan fingerprint density at radius 2 is 1.60 bits per heavy atom. The van der Waals surface area contributed by atoms with Crippen LogP contribution >= 0.6 is 0 Å². The minimum absolute atomic E-state index is 0.107. The van der Waals surface area contributed by atoms with Gasteiger partial charge in [0, 0.05) is 23.4 Å². The van der Waals surface area contributed by atoms with Crippen LogP contribution in [0.15, 0.2) is 47.0 Å². The second kappa shape index (κ2) is 6.41. The van der Waals surface area contributed by atoms with Gasteiger partial charge in [-0.25, -0.2) is 0 Å². The number of fused-ring (bicyclic) bond motifs is 2. The average Bonchev–Trinajstić information content (AvgIpc) is 3.21. The van der Waals surface area contributed by atoms with Gasteiger partial charge in [-0.05, 0) is 43.2 Å². The topological polar surface area (TPSA) is 92.1 Å². The van der Waals surface area contributed by atoms with Gasteiger partial charge in [0.1, 0.15) is 13.2 Å². The molecule has 3 heterocycles. The lowest BCUT2D eigenvalue weighted by atomic mass is 10.00. The normalized spacial score (nSPS) is 17.5. The van der Waals surface area contributed by atoms with Crippen LogP contribution in [0, 0.1) is 0 Å². The number of carbonyl (C=O) groups is 1. The smallest absolute Gasteiger partial charge is 0.236 e. The van der Waals surface area contributed by atoms with Gasteiger partial charge >= 0.3 is 0 Å². The van der Waals surface area contributed by atoms with Gasteiger partial charge in [0.15, 0.2) is 28.8 Å². The van der Waals surface area contributed by atoms with Gasteiger partial charge in [0.25, 0.3) is 0 Å². The van der Waals surface area contributed by atoms with Crippen molar-refractivity contribution in [3.05, 3.63) is 48.2 Å². The number of nitrogens with zero attached hydrogens (tertiary/aromatic N) is 1. The zero-order valence-corrected chi connectivity index (χ0v) is 16.0. The highest BCUT2D eigenvalue weighted by atomic mass is 16.7. The molecule has 1 saturated carbocycles. The highest BCUT2D eigenvalue weighted by Gasteiger charge is 2.54. The predicted molar refractivity (Wildman–Crippen MR) is 105 cm³/mol. The molecule has 0 atom stereocenters. The number of carbonyl (C=O) groups excluding carboxylic acids is 1. The van der Waals surface area contributed by atoms with Crippen LogP contribution in [-0.2, 0) is 10.2 Å². The van der Waals surface area contributed by atoms with Crippen molar-refractivity contribution in [3.8, 4) is 34.3 Å². The van der Waals surface area contributed by atoms with Gasteiger partial charge in [-0.2, -0.15) is 0 Å². The zero-order chi connectivity index (χ0) is 20.1. The van der Waals surface area contributed by atoms with Crippen molar-refractivity contribution >= 4 is 11.6 Å². The Bertz CT molecular complexity index is 1150. The second-order valence-corrected chi connectivity index (χ2v) is 7.54. The summed E-state index contributed by atoms with van der Waals surface area (Å²) in [5.74, 6) is 3.17. The van der Waals surface area contributed by atoms with Crippen LogP contribution in [-0.4, -0.2) is 31.1 Å². The van der Waals surface area contributed by atoms with Crippen LogP contribution in [0.25, 0.3) is 11.3 Å². The van der Waals surface area contributed by atoms with E-state index in [-0.39, 0.29) is 12.7 Å². The first kappa shape index (κ1) is 17.2. The number of nitrogens with one attached hydrogen (secondary N) is 1. The van der Waals surface area contributed by atoms with Crippen LogP contribution in [0.4, 0.5) is 5.69 Å². The molecule has 1 aliphatic carbocycles. The molecule has 1 aromatic heterocycles. The Balaban J connectivity index is 1.23. The highest BCUT2D eigenvalue weighted by Crippen LogP contribution is 2.49. The van der Waals surface area contributed by atoms with Gasteiger partial charge < -0.3 is 28.8 Å². The van der Waals surface area contributed by atoms with Crippen molar-refractivity contribution in [1.82, 2.24) is 5.16 Å². The number of ether oxygens (including phenoxy) is 4. The minimum atomic E-state index is -0.675. The molecular formula is C22H18N2O6. The Labute approximate surface area is 171 Å². The third-order valence-electron chi connectivity index (χ3n) is 5.64. The molecule has 2 aromatic carbocycles. The van der Waals surface area contributed by atoms with Crippen molar-refractivity contribution in [2.24, 2.45) is 0 Å². The maximum absolute atomic E-state index is 13.1. The molecule has 8 nitrogen and oxygen atoms in total. The summed E-state index contributed by atoms with van der Waals surface area (Å²) >= 11 is 0. The van der Waals surface area contributed by atoms with E-state index in [9.17, 15) is 4.79 Å². The van der Waals surface area contributed by atoms with Crippen LogP contribution < -0.4 is 24.3 Å². The molecule has 3 aromatic rings. The number of rotatable bonds is 4. The van der Waals surface area contributed by atoms with E-state index in [0.29, 0.717) is 53.4 Å². The first-order valence-electron chi connectivity index (χ1n) is 9.80. The SMILES string of the molecule is O=C(Nc1ccc2c(c1)OCCO2)C1(c2cc(-c3ccc4c(c3)OCO4)on2)CC1. The molecular weight excluding hydrogens is 388 g/mol. The van der Waals surface area contributed by atoms with Gasteiger partial charge in [0.2, 0.25) is 12.7 Å². The summed E-state index contributed by atoms with van der Waals surface area (Å²) in [5.41, 5.74) is 1.44. The molecule has 1 amide bonds. The fraction of sp³-hybridized carbons (Fsp3) is 0.273. The summed E-state index contributed by atoms with van der Waals surface area (Å²) < 4.78 is 27.4. The van der Waals surface area contributed by atoms with Gasteiger partial charge in [-0.3, -0.25) is 4.79 Å². The van der Waals surface area contributed by atoms with Gasteiger partial charge in [-0.15, -0.1) is 0 Å². The van der Waals surface area contributed by atoms with Crippen LogP contribution in [0.3, 0.4) is 0 Å². The number of aromatic nitrogens is 1. The lowest BCUT2D eigenvalue weighted by Crippen LogP contribution is -2.28. The number of hydrogen-bond acceptors (Lipinski definition) is 7. The fourth-order valence-electron chi connectivity index (χ4n) is 3.78. The van der Waals surface area contributed by atoms with E-state index in [4.69, 9.17) is 23.5 Å². The van der Waals surface area contributed by atoms with Gasteiger partial charge in [0.05, 0.1) is 11.1 Å². The maximum atomic E-state index is 13.1. The number of benzene rings is 2. The molecule has 0 radical (unpaired) electrons. The average molecular weight is 406 g/mol. The molecule has 3 aliphatic rings. The third-order valence-corrected chi connectivity index (χ3v) is 5.64. The van der Waals surface area contributed by atoms with E-state index >= 15 is 0 Å². The van der Waals surface area contributed by atoms with E-state index in [1.165, 1.54) is 0 Å². The summed E-state index contributed by atoms with van der Waals surface area (Å²) in [6.45, 7) is 1.24. The van der Waals surface area contributed by atoms with Crippen molar-refractivity contribution in [2.45, 2.75) is 18.3 Å².